The van der Waals surface area contributed by atoms with Gasteiger partial charge in [-0.15, -0.1) is 12.4 Å². The minimum atomic E-state index is 0. The summed E-state index contributed by atoms with van der Waals surface area (Å²) in [6.45, 7) is 1.19. The smallest absolute Gasteiger partial charge is 0.00461 e. The van der Waals surface area contributed by atoms with Gasteiger partial charge >= 0.3 is 0 Å². The predicted molar refractivity (Wildman–Crippen MR) is 36.2 cm³/mol. The standard InChI is InChI=1S/C2H8N2.ClH.3H2O/c3-1-2-4;;;;/h1-4H2;1H;3*1H2. The molecule has 0 bridgehead atoms. The molecule has 0 aliphatic carbocycles. The van der Waals surface area contributed by atoms with Crippen LogP contribution in [-0.2, 0) is 0 Å². The molecule has 8 heavy (non-hydrogen) atoms. The molecule has 0 atom stereocenters. The fourth-order valence-electron chi connectivity index (χ4n) is 0. The highest BCUT2D eigenvalue weighted by molar-refractivity contribution is 5.85. The highest BCUT2D eigenvalue weighted by Crippen LogP contribution is 1.24. The van der Waals surface area contributed by atoms with E-state index in [0.29, 0.717) is 13.1 Å². The van der Waals surface area contributed by atoms with Crippen LogP contribution in [0.15, 0.2) is 0 Å². The lowest BCUT2D eigenvalue weighted by atomic mass is 10.7. The summed E-state index contributed by atoms with van der Waals surface area (Å²) >= 11 is 0. The Bertz CT molecular complexity index is 17.2. The van der Waals surface area contributed by atoms with Gasteiger partial charge in [-0.2, -0.15) is 0 Å². The molecule has 0 aromatic heterocycles. The van der Waals surface area contributed by atoms with Crippen LogP contribution in [-0.4, -0.2) is 29.5 Å². The third-order valence-electron chi connectivity index (χ3n) is 0.167. The van der Waals surface area contributed by atoms with Crippen molar-refractivity contribution >= 4 is 12.4 Å². The fraction of sp³-hybridized carbons (Fsp3) is 1.00. The molecule has 0 radical (unpaired) electrons. The minimum absolute atomic E-state index is 0. The van der Waals surface area contributed by atoms with E-state index in [2.05, 4.69) is 0 Å². The normalized spacial score (nSPS) is 3.75. The van der Waals surface area contributed by atoms with E-state index in [0.717, 1.165) is 0 Å². The average Bonchev–Trinajstić information content (AvgIpc) is 1.37. The molecule has 0 unspecified atom stereocenters. The van der Waals surface area contributed by atoms with E-state index in [1.54, 1.807) is 0 Å². The van der Waals surface area contributed by atoms with Gasteiger partial charge in [-0.1, -0.05) is 0 Å². The second-order valence-electron chi connectivity index (χ2n) is 0.577. The number of hydrogen-bond donors (Lipinski definition) is 2. The molecule has 0 spiro atoms. The van der Waals surface area contributed by atoms with Crippen LogP contribution in [0.5, 0.6) is 0 Å². The first-order chi connectivity index (χ1) is 1.91. The van der Waals surface area contributed by atoms with Crippen molar-refractivity contribution in [1.82, 2.24) is 0 Å². The molecule has 0 saturated carbocycles. The van der Waals surface area contributed by atoms with E-state index >= 15 is 0 Å². The van der Waals surface area contributed by atoms with Crippen LogP contribution in [0.4, 0.5) is 0 Å². The van der Waals surface area contributed by atoms with Crippen molar-refractivity contribution in [2.24, 2.45) is 11.5 Å². The van der Waals surface area contributed by atoms with E-state index in [9.17, 15) is 0 Å². The van der Waals surface area contributed by atoms with Crippen LogP contribution in [0.2, 0.25) is 0 Å². The molecular weight excluding hydrogens is 135 g/mol. The topological polar surface area (TPSA) is 147 Å². The second-order valence-corrected chi connectivity index (χ2v) is 0.577. The number of rotatable bonds is 1. The van der Waals surface area contributed by atoms with Gasteiger partial charge in [0.05, 0.1) is 0 Å². The quantitative estimate of drug-likeness (QED) is 0.407. The van der Waals surface area contributed by atoms with Crippen LogP contribution >= 0.6 is 12.4 Å². The fourth-order valence-corrected chi connectivity index (χ4v) is 0. The molecule has 0 rings (SSSR count). The van der Waals surface area contributed by atoms with E-state index in [1.165, 1.54) is 0 Å². The van der Waals surface area contributed by atoms with Crippen molar-refractivity contribution in [3.8, 4) is 0 Å². The lowest BCUT2D eigenvalue weighted by Crippen LogP contribution is -2.11. The number of halogens is 1. The Morgan fingerprint density at radius 3 is 0.875 bits per heavy atom. The predicted octanol–water partition coefficient (Wildman–Crippen LogP) is -3.15. The van der Waals surface area contributed by atoms with Gasteiger partial charge in [0, 0.05) is 13.1 Å². The number of hydrogen-bond acceptors (Lipinski definition) is 2. The zero-order valence-corrected chi connectivity index (χ0v) is 5.29. The largest absolute Gasteiger partial charge is 0.412 e. The maximum atomic E-state index is 4.90. The first kappa shape index (κ1) is 42.6. The Morgan fingerprint density at radius 1 is 0.750 bits per heavy atom. The maximum absolute atomic E-state index is 4.90. The SMILES string of the molecule is Cl.NCCN.O.O.O. The van der Waals surface area contributed by atoms with E-state index in [1.807, 2.05) is 0 Å². The van der Waals surface area contributed by atoms with E-state index in [-0.39, 0.29) is 28.8 Å². The highest BCUT2D eigenvalue weighted by Gasteiger charge is 1.54. The van der Waals surface area contributed by atoms with Gasteiger partial charge in [0.25, 0.3) is 0 Å². The summed E-state index contributed by atoms with van der Waals surface area (Å²) < 4.78 is 0. The van der Waals surface area contributed by atoms with Gasteiger partial charge in [0.15, 0.2) is 0 Å². The van der Waals surface area contributed by atoms with Gasteiger partial charge in [0.1, 0.15) is 0 Å². The van der Waals surface area contributed by atoms with Gasteiger partial charge in [-0.3, -0.25) is 0 Å². The summed E-state index contributed by atoms with van der Waals surface area (Å²) in [4.78, 5) is 0. The summed E-state index contributed by atoms with van der Waals surface area (Å²) in [7, 11) is 0. The molecular formula is C2H15ClN2O3. The lowest BCUT2D eigenvalue weighted by molar-refractivity contribution is 0.823. The highest BCUT2D eigenvalue weighted by atomic mass is 35.5. The molecule has 0 aromatic rings. The Hall–Kier alpha value is 0.0900. The van der Waals surface area contributed by atoms with E-state index < -0.39 is 0 Å². The first-order valence-electron chi connectivity index (χ1n) is 1.32. The van der Waals surface area contributed by atoms with Crippen molar-refractivity contribution < 1.29 is 16.4 Å². The summed E-state index contributed by atoms with van der Waals surface area (Å²) in [6, 6.07) is 0. The molecule has 6 heteroatoms. The molecule has 0 heterocycles. The Balaban J connectivity index is -0.00000000750. The summed E-state index contributed by atoms with van der Waals surface area (Å²) in [6.07, 6.45) is 0. The van der Waals surface area contributed by atoms with Gasteiger partial charge in [-0.05, 0) is 0 Å². The zero-order valence-electron chi connectivity index (χ0n) is 4.48. The lowest BCUT2D eigenvalue weighted by Gasteiger charge is -1.72. The van der Waals surface area contributed by atoms with Crippen molar-refractivity contribution in [2.75, 3.05) is 13.1 Å². The third kappa shape index (κ3) is 133. The van der Waals surface area contributed by atoms with Crippen molar-refractivity contribution in [3.05, 3.63) is 0 Å². The molecule has 0 aliphatic rings. The van der Waals surface area contributed by atoms with Crippen LogP contribution in [0.1, 0.15) is 0 Å². The van der Waals surface area contributed by atoms with Crippen molar-refractivity contribution in [1.29, 1.82) is 0 Å². The molecule has 10 N–H and O–H groups in total. The first-order valence-corrected chi connectivity index (χ1v) is 1.32. The average molecular weight is 151 g/mol. The summed E-state index contributed by atoms with van der Waals surface area (Å²) in [5, 5.41) is 0. The second kappa shape index (κ2) is 60.2. The molecule has 0 aromatic carbocycles. The maximum Gasteiger partial charge on any atom is 0.00461 e. The van der Waals surface area contributed by atoms with Crippen molar-refractivity contribution in [2.45, 2.75) is 0 Å². The van der Waals surface area contributed by atoms with Gasteiger partial charge in [0.2, 0.25) is 0 Å². The van der Waals surface area contributed by atoms with Crippen LogP contribution in [0.25, 0.3) is 0 Å². The third-order valence-corrected chi connectivity index (χ3v) is 0.167. The van der Waals surface area contributed by atoms with Gasteiger partial charge in [-0.25, -0.2) is 0 Å². The zero-order chi connectivity index (χ0) is 3.41. The Morgan fingerprint density at radius 2 is 0.875 bits per heavy atom. The molecule has 0 amide bonds. The summed E-state index contributed by atoms with van der Waals surface area (Å²) in [5.74, 6) is 0. The molecule has 0 aliphatic heterocycles. The molecule has 58 valence electrons. The molecule has 0 fully saturated rings. The van der Waals surface area contributed by atoms with Crippen LogP contribution in [0, 0.1) is 0 Å². The summed E-state index contributed by atoms with van der Waals surface area (Å²) in [5.41, 5.74) is 9.81. The van der Waals surface area contributed by atoms with Crippen molar-refractivity contribution in [3.63, 3.8) is 0 Å². The molecule has 5 nitrogen and oxygen atoms in total. The monoisotopic (exact) mass is 150 g/mol. The Labute approximate surface area is 54.4 Å². The minimum Gasteiger partial charge on any atom is -0.412 e. The number of nitrogens with two attached hydrogens (primary N) is 2. The Kier molecular flexibility index (Phi) is 320. The van der Waals surface area contributed by atoms with Crippen LogP contribution in [0.3, 0.4) is 0 Å². The van der Waals surface area contributed by atoms with Crippen LogP contribution < -0.4 is 11.5 Å². The molecule has 0 saturated heterocycles. The van der Waals surface area contributed by atoms with Gasteiger partial charge < -0.3 is 27.9 Å². The van der Waals surface area contributed by atoms with E-state index in [4.69, 9.17) is 11.5 Å².